The molecular formula is C26H26O6. The van der Waals surface area contributed by atoms with Gasteiger partial charge in [-0.2, -0.15) is 0 Å². The molecule has 166 valence electrons. The molecule has 0 radical (unpaired) electrons. The minimum atomic E-state index is -1.10. The number of carboxylic acids is 2. The van der Waals surface area contributed by atoms with Crippen molar-refractivity contribution in [3.63, 3.8) is 0 Å². The number of benzene rings is 3. The van der Waals surface area contributed by atoms with Gasteiger partial charge >= 0.3 is 11.9 Å². The van der Waals surface area contributed by atoms with E-state index in [2.05, 4.69) is 6.92 Å². The molecule has 3 rings (SSSR count). The Kier molecular flexibility index (Phi) is 7.15. The first-order valence-corrected chi connectivity index (χ1v) is 10.6. The lowest BCUT2D eigenvalue weighted by atomic mass is 9.89. The summed E-state index contributed by atoms with van der Waals surface area (Å²) in [5.74, 6) is -2.27. The Hall–Kier alpha value is -3.80. The van der Waals surface area contributed by atoms with Crippen molar-refractivity contribution in [1.29, 1.82) is 0 Å². The van der Waals surface area contributed by atoms with E-state index in [4.69, 9.17) is 0 Å². The summed E-state index contributed by atoms with van der Waals surface area (Å²) < 4.78 is 0. The van der Waals surface area contributed by atoms with Crippen LogP contribution in [0.25, 0.3) is 22.3 Å². The lowest BCUT2D eigenvalue weighted by Crippen LogP contribution is -2.02. The normalized spacial score (nSPS) is 10.8. The maximum atomic E-state index is 11.8. The third-order valence-corrected chi connectivity index (χ3v) is 5.47. The van der Waals surface area contributed by atoms with Crippen LogP contribution in [0.1, 0.15) is 58.9 Å². The highest BCUT2D eigenvalue weighted by molar-refractivity contribution is 5.98. The van der Waals surface area contributed by atoms with Gasteiger partial charge in [0.1, 0.15) is 11.5 Å². The summed E-state index contributed by atoms with van der Waals surface area (Å²) in [5.41, 5.74) is 3.08. The van der Waals surface area contributed by atoms with Gasteiger partial charge in [-0.15, -0.1) is 0 Å². The number of carboxylic acid groups (broad SMARTS) is 2. The van der Waals surface area contributed by atoms with Crippen LogP contribution in [0.5, 0.6) is 11.5 Å². The molecule has 6 nitrogen and oxygen atoms in total. The van der Waals surface area contributed by atoms with Gasteiger partial charge in [-0.05, 0) is 71.5 Å². The molecule has 3 aromatic rings. The van der Waals surface area contributed by atoms with E-state index in [1.54, 1.807) is 12.1 Å². The second-order valence-electron chi connectivity index (χ2n) is 7.75. The minimum absolute atomic E-state index is 0.0350. The number of phenolic OH excluding ortho intramolecular Hbond substituents is 2. The predicted octanol–water partition coefficient (Wildman–Crippen LogP) is 5.95. The van der Waals surface area contributed by atoms with E-state index < -0.39 is 11.9 Å². The van der Waals surface area contributed by atoms with E-state index in [0.717, 1.165) is 31.2 Å². The first-order chi connectivity index (χ1) is 15.3. The maximum Gasteiger partial charge on any atom is 0.336 e. The van der Waals surface area contributed by atoms with Crippen LogP contribution in [-0.2, 0) is 6.42 Å². The number of phenols is 2. The molecule has 0 saturated carbocycles. The Balaban J connectivity index is 2.17. The molecule has 3 aromatic carbocycles. The van der Waals surface area contributed by atoms with Crippen molar-refractivity contribution in [1.82, 2.24) is 0 Å². The van der Waals surface area contributed by atoms with Crippen molar-refractivity contribution in [3.05, 3.63) is 71.3 Å². The highest BCUT2D eigenvalue weighted by Crippen LogP contribution is 2.36. The van der Waals surface area contributed by atoms with E-state index >= 15 is 0 Å². The first-order valence-electron chi connectivity index (χ1n) is 10.6. The Bertz CT molecular complexity index is 1150. The number of rotatable bonds is 9. The Morgan fingerprint density at radius 2 is 1.28 bits per heavy atom. The van der Waals surface area contributed by atoms with Crippen LogP contribution in [0.3, 0.4) is 0 Å². The molecule has 0 aliphatic rings. The fraction of sp³-hybridized carbons (Fsp3) is 0.231. The van der Waals surface area contributed by atoms with Crippen LogP contribution in [-0.4, -0.2) is 32.4 Å². The quantitative estimate of drug-likeness (QED) is 0.309. The zero-order valence-corrected chi connectivity index (χ0v) is 17.8. The molecule has 0 heterocycles. The number of hydrogen-bond acceptors (Lipinski definition) is 4. The molecule has 0 atom stereocenters. The third-order valence-electron chi connectivity index (χ3n) is 5.47. The monoisotopic (exact) mass is 434 g/mol. The van der Waals surface area contributed by atoms with Crippen molar-refractivity contribution in [2.24, 2.45) is 0 Å². The molecule has 0 aliphatic heterocycles. The Morgan fingerprint density at radius 3 is 1.88 bits per heavy atom. The van der Waals surface area contributed by atoms with Crippen molar-refractivity contribution in [3.8, 4) is 33.8 Å². The molecule has 4 N–H and O–H groups in total. The Labute approximate surface area is 186 Å². The van der Waals surface area contributed by atoms with Crippen molar-refractivity contribution < 1.29 is 30.0 Å². The van der Waals surface area contributed by atoms with Crippen LogP contribution < -0.4 is 0 Å². The lowest BCUT2D eigenvalue weighted by molar-refractivity contribution is 0.0686. The van der Waals surface area contributed by atoms with Crippen LogP contribution >= 0.6 is 0 Å². The number of aromatic carboxylic acids is 2. The summed E-state index contributed by atoms with van der Waals surface area (Å²) in [6.07, 6.45) is 4.72. The number of unbranched alkanes of at least 4 members (excludes halogenated alkanes) is 3. The van der Waals surface area contributed by atoms with E-state index in [9.17, 15) is 30.0 Å². The molecule has 0 saturated heterocycles. The van der Waals surface area contributed by atoms with E-state index in [0.29, 0.717) is 28.7 Å². The van der Waals surface area contributed by atoms with E-state index in [1.807, 2.05) is 6.07 Å². The highest BCUT2D eigenvalue weighted by Gasteiger charge is 2.18. The lowest BCUT2D eigenvalue weighted by Gasteiger charge is -2.16. The van der Waals surface area contributed by atoms with Gasteiger partial charge in [0, 0.05) is 5.56 Å². The van der Waals surface area contributed by atoms with Crippen LogP contribution in [0.2, 0.25) is 0 Å². The standard InChI is InChI=1S/C26H26O6/c1-2-3-4-5-6-16-13-17(23-14-18(27)8-11-21(23)25(29)30)7-10-20(16)24-15-19(28)9-12-22(24)26(31)32/h7-15,27-28H,2-6H2,1H3,(H,29,30)(H,31,32). The number of aryl methyl sites for hydroxylation is 1. The third kappa shape index (κ3) is 5.09. The van der Waals surface area contributed by atoms with Gasteiger partial charge in [-0.1, -0.05) is 44.4 Å². The minimum Gasteiger partial charge on any atom is -0.508 e. The fourth-order valence-corrected chi connectivity index (χ4v) is 3.87. The smallest absolute Gasteiger partial charge is 0.336 e. The summed E-state index contributed by atoms with van der Waals surface area (Å²) >= 11 is 0. The Morgan fingerprint density at radius 1 is 0.688 bits per heavy atom. The van der Waals surface area contributed by atoms with Crippen molar-refractivity contribution in [2.75, 3.05) is 0 Å². The molecule has 0 aliphatic carbocycles. The molecule has 0 unspecified atom stereocenters. The fourth-order valence-electron chi connectivity index (χ4n) is 3.87. The molecule has 0 fully saturated rings. The zero-order chi connectivity index (χ0) is 23.3. The topological polar surface area (TPSA) is 115 Å². The van der Waals surface area contributed by atoms with Crippen molar-refractivity contribution in [2.45, 2.75) is 39.0 Å². The molecule has 0 aromatic heterocycles. The van der Waals surface area contributed by atoms with Gasteiger partial charge in [0.25, 0.3) is 0 Å². The second-order valence-corrected chi connectivity index (χ2v) is 7.75. The van der Waals surface area contributed by atoms with Gasteiger partial charge in [0.2, 0.25) is 0 Å². The number of hydrogen-bond donors (Lipinski definition) is 4. The van der Waals surface area contributed by atoms with Gasteiger partial charge in [0.15, 0.2) is 0 Å². The summed E-state index contributed by atoms with van der Waals surface area (Å²) in [5, 5.41) is 39.1. The van der Waals surface area contributed by atoms with Gasteiger partial charge in [-0.25, -0.2) is 9.59 Å². The molecule has 0 spiro atoms. The average molecular weight is 434 g/mol. The number of aromatic hydroxyl groups is 2. The van der Waals surface area contributed by atoms with Gasteiger partial charge in [0.05, 0.1) is 11.1 Å². The molecular weight excluding hydrogens is 408 g/mol. The summed E-state index contributed by atoms with van der Waals surface area (Å²) in [7, 11) is 0. The first kappa shape index (κ1) is 22.9. The summed E-state index contributed by atoms with van der Waals surface area (Å²) in [4.78, 5) is 23.5. The van der Waals surface area contributed by atoms with Crippen LogP contribution in [0, 0.1) is 0 Å². The van der Waals surface area contributed by atoms with Gasteiger partial charge in [-0.3, -0.25) is 0 Å². The second kappa shape index (κ2) is 10.0. The van der Waals surface area contributed by atoms with Crippen molar-refractivity contribution >= 4 is 11.9 Å². The van der Waals surface area contributed by atoms with E-state index in [-0.39, 0.29) is 22.6 Å². The SMILES string of the molecule is CCCCCCc1cc(-c2cc(O)ccc2C(=O)O)ccc1-c1cc(O)ccc1C(=O)O. The van der Waals surface area contributed by atoms with Gasteiger partial charge < -0.3 is 20.4 Å². The van der Waals surface area contributed by atoms with E-state index in [1.165, 1.54) is 36.4 Å². The average Bonchev–Trinajstić information content (AvgIpc) is 2.76. The molecule has 32 heavy (non-hydrogen) atoms. The predicted molar refractivity (Wildman–Crippen MR) is 122 cm³/mol. The summed E-state index contributed by atoms with van der Waals surface area (Å²) in [6, 6.07) is 13.6. The van der Waals surface area contributed by atoms with Crippen LogP contribution in [0.4, 0.5) is 0 Å². The summed E-state index contributed by atoms with van der Waals surface area (Å²) in [6.45, 7) is 2.12. The largest absolute Gasteiger partial charge is 0.508 e. The molecule has 6 heteroatoms. The maximum absolute atomic E-state index is 11.8. The zero-order valence-electron chi connectivity index (χ0n) is 17.8. The van der Waals surface area contributed by atoms with Crippen LogP contribution in [0.15, 0.2) is 54.6 Å². The number of carbonyl (C=O) groups is 2. The highest BCUT2D eigenvalue weighted by atomic mass is 16.4. The molecule has 0 amide bonds. The molecule has 0 bridgehead atoms.